The van der Waals surface area contributed by atoms with E-state index in [4.69, 9.17) is 5.41 Å². The maximum atomic E-state index is 10.3. The quantitative estimate of drug-likeness (QED) is 0.425. The molecule has 0 aromatic heterocycles. The van der Waals surface area contributed by atoms with E-state index in [0.29, 0.717) is 12.8 Å². The van der Waals surface area contributed by atoms with Gasteiger partial charge in [-0.15, -0.1) is 0 Å². The second kappa shape index (κ2) is 7.49. The third kappa shape index (κ3) is 4.75. The number of nitro groups is 1. The van der Waals surface area contributed by atoms with Crippen molar-refractivity contribution in [2.45, 2.75) is 19.8 Å². The number of rotatable bonds is 3. The van der Waals surface area contributed by atoms with Gasteiger partial charge in [-0.2, -0.15) is 0 Å². The lowest BCUT2D eigenvalue weighted by atomic mass is 10.1. The minimum absolute atomic E-state index is 0.283. The molecule has 0 spiro atoms. The summed E-state index contributed by atoms with van der Waals surface area (Å²) in [5, 5.41) is 18.9. The van der Waals surface area contributed by atoms with Crippen molar-refractivity contribution >= 4 is 6.72 Å². The van der Waals surface area contributed by atoms with Crippen LogP contribution in [0, 0.1) is 15.5 Å². The Labute approximate surface area is 88.8 Å². The van der Waals surface area contributed by atoms with Gasteiger partial charge >= 0.3 is 0 Å². The molecule has 2 N–H and O–H groups in total. The van der Waals surface area contributed by atoms with Crippen molar-refractivity contribution < 1.29 is 4.92 Å². The van der Waals surface area contributed by atoms with Crippen LogP contribution in [0.2, 0.25) is 0 Å². The summed E-state index contributed by atoms with van der Waals surface area (Å²) in [6.45, 7) is 4.41. The maximum Gasteiger partial charge on any atom is 0.246 e. The maximum absolute atomic E-state index is 10.3. The second-order valence-electron chi connectivity index (χ2n) is 2.75. The molecule has 82 valence electrons. The van der Waals surface area contributed by atoms with E-state index in [1.807, 2.05) is 19.2 Å². The summed E-state index contributed by atoms with van der Waals surface area (Å²) < 4.78 is 0. The van der Waals surface area contributed by atoms with Crippen LogP contribution >= 0.6 is 0 Å². The molecule has 5 nitrogen and oxygen atoms in total. The largest absolute Gasteiger partial charge is 0.365 e. The first kappa shape index (κ1) is 13.1. The number of hydrogen-bond donors (Lipinski definition) is 2. The van der Waals surface area contributed by atoms with Crippen LogP contribution in [-0.2, 0) is 0 Å². The lowest BCUT2D eigenvalue weighted by Gasteiger charge is -2.09. The van der Waals surface area contributed by atoms with E-state index in [-0.39, 0.29) is 10.6 Å². The van der Waals surface area contributed by atoms with Crippen molar-refractivity contribution in [1.29, 1.82) is 5.41 Å². The van der Waals surface area contributed by atoms with E-state index in [9.17, 15) is 10.1 Å². The Morgan fingerprint density at radius 2 is 2.20 bits per heavy atom. The first-order chi connectivity index (χ1) is 7.24. The Morgan fingerprint density at radius 1 is 1.53 bits per heavy atom. The highest BCUT2D eigenvalue weighted by atomic mass is 16.6. The van der Waals surface area contributed by atoms with Crippen LogP contribution in [0.4, 0.5) is 0 Å². The summed E-state index contributed by atoms with van der Waals surface area (Å²) in [4.78, 5) is 10.0. The van der Waals surface area contributed by atoms with Crippen LogP contribution in [0.3, 0.4) is 0 Å². The van der Waals surface area contributed by atoms with Crippen molar-refractivity contribution in [1.82, 2.24) is 5.32 Å². The number of hydrogen-bond acceptors (Lipinski definition) is 4. The molecule has 0 fully saturated rings. The minimum Gasteiger partial charge on any atom is -0.365 e. The summed E-state index contributed by atoms with van der Waals surface area (Å²) in [5.41, 5.74) is 1.30. The number of allylic oxidation sites excluding steroid dienone is 5. The Balaban J connectivity index is 0.000000921. The van der Waals surface area contributed by atoms with Crippen molar-refractivity contribution in [3.63, 3.8) is 0 Å². The predicted octanol–water partition coefficient (Wildman–Crippen LogP) is 2.21. The molecule has 0 aliphatic heterocycles. The van der Waals surface area contributed by atoms with E-state index >= 15 is 0 Å². The van der Waals surface area contributed by atoms with Crippen molar-refractivity contribution in [2.75, 3.05) is 0 Å². The molecule has 1 rings (SSSR count). The van der Waals surface area contributed by atoms with Gasteiger partial charge in [0.1, 0.15) is 0 Å². The van der Waals surface area contributed by atoms with E-state index in [1.54, 1.807) is 12.2 Å². The smallest absolute Gasteiger partial charge is 0.246 e. The highest BCUT2D eigenvalue weighted by Crippen LogP contribution is 2.16. The fraction of sp³-hybridized carbons (Fsp3) is 0.300. The van der Waals surface area contributed by atoms with Crippen LogP contribution in [0.25, 0.3) is 0 Å². The van der Waals surface area contributed by atoms with Gasteiger partial charge in [0.25, 0.3) is 0 Å². The van der Waals surface area contributed by atoms with Gasteiger partial charge in [0.15, 0.2) is 0 Å². The molecule has 0 aromatic carbocycles. The van der Waals surface area contributed by atoms with Gasteiger partial charge < -0.3 is 10.7 Å². The van der Waals surface area contributed by atoms with Gasteiger partial charge in [0, 0.05) is 18.2 Å². The van der Waals surface area contributed by atoms with Crippen LogP contribution in [-0.4, -0.2) is 11.6 Å². The molecule has 0 saturated heterocycles. The van der Waals surface area contributed by atoms with E-state index in [0.717, 1.165) is 5.70 Å². The molecule has 0 radical (unpaired) electrons. The van der Waals surface area contributed by atoms with Gasteiger partial charge in [-0.05, 0) is 32.3 Å². The van der Waals surface area contributed by atoms with Crippen LogP contribution < -0.4 is 5.32 Å². The Hall–Kier alpha value is -1.91. The fourth-order valence-electron chi connectivity index (χ4n) is 1.09. The average molecular weight is 209 g/mol. The van der Waals surface area contributed by atoms with Crippen molar-refractivity contribution in [3.05, 3.63) is 45.9 Å². The van der Waals surface area contributed by atoms with Crippen LogP contribution in [0.5, 0.6) is 0 Å². The highest BCUT2D eigenvalue weighted by molar-refractivity contribution is 5.20. The lowest BCUT2D eigenvalue weighted by molar-refractivity contribution is -0.428. The summed E-state index contributed by atoms with van der Waals surface area (Å²) in [6, 6.07) is 0. The van der Waals surface area contributed by atoms with Gasteiger partial charge in [0.05, 0.1) is 4.92 Å². The fourth-order valence-corrected chi connectivity index (χ4v) is 1.09. The second-order valence-corrected chi connectivity index (χ2v) is 2.75. The normalized spacial score (nSPS) is 14.7. The van der Waals surface area contributed by atoms with Gasteiger partial charge in [-0.3, -0.25) is 10.1 Å². The molecule has 0 heterocycles. The van der Waals surface area contributed by atoms with E-state index in [1.165, 1.54) is 0 Å². The van der Waals surface area contributed by atoms with E-state index < -0.39 is 0 Å². The molecule has 1 aliphatic rings. The SMILES string of the molecule is C/C=C\NC1=CC=C([N+](=O)[O-])CC1.C=N. The summed E-state index contributed by atoms with van der Waals surface area (Å²) in [6.07, 6.45) is 8.21. The van der Waals surface area contributed by atoms with Crippen LogP contribution in [0.1, 0.15) is 19.8 Å². The summed E-state index contributed by atoms with van der Waals surface area (Å²) in [5.74, 6) is 0. The molecular formula is C10H15N3O2. The molecule has 0 amide bonds. The molecular weight excluding hydrogens is 194 g/mol. The minimum atomic E-state index is -0.330. The molecule has 0 unspecified atom stereocenters. The highest BCUT2D eigenvalue weighted by Gasteiger charge is 2.13. The molecule has 0 saturated carbocycles. The van der Waals surface area contributed by atoms with Gasteiger partial charge in [0.2, 0.25) is 5.70 Å². The zero-order valence-electron chi connectivity index (χ0n) is 8.69. The molecule has 1 aliphatic carbocycles. The third-order valence-corrected chi connectivity index (χ3v) is 1.80. The monoisotopic (exact) mass is 209 g/mol. The Morgan fingerprint density at radius 3 is 2.60 bits per heavy atom. The van der Waals surface area contributed by atoms with E-state index in [2.05, 4.69) is 12.0 Å². The van der Waals surface area contributed by atoms with Gasteiger partial charge in [-0.1, -0.05) is 6.08 Å². The molecule has 0 aromatic rings. The van der Waals surface area contributed by atoms with Gasteiger partial charge in [-0.25, -0.2) is 0 Å². The average Bonchev–Trinajstić information content (AvgIpc) is 2.29. The first-order valence-corrected chi connectivity index (χ1v) is 4.51. The Bertz CT molecular complexity index is 306. The zero-order valence-corrected chi connectivity index (χ0v) is 8.69. The standard InChI is InChI=1S/C9H12N2O2.CH3N/c1-2-7-10-8-3-5-9(6-4-8)11(12)13;1-2/h2-3,5,7,10H,4,6H2,1H3;2H,1H2/b7-2-;. The molecule has 0 atom stereocenters. The zero-order chi connectivity index (χ0) is 11.7. The van der Waals surface area contributed by atoms with Crippen molar-refractivity contribution in [3.8, 4) is 0 Å². The Kier molecular flexibility index (Phi) is 6.54. The first-order valence-electron chi connectivity index (χ1n) is 4.51. The predicted molar refractivity (Wildman–Crippen MR) is 60.2 cm³/mol. The molecule has 5 heteroatoms. The lowest BCUT2D eigenvalue weighted by Crippen LogP contribution is -2.10. The van der Waals surface area contributed by atoms with Crippen LogP contribution in [0.15, 0.2) is 35.8 Å². The number of nitrogens with zero attached hydrogens (tertiary/aromatic N) is 1. The topological polar surface area (TPSA) is 79.0 Å². The molecule has 0 bridgehead atoms. The number of nitrogens with one attached hydrogen (secondary N) is 2. The summed E-state index contributed by atoms with van der Waals surface area (Å²) >= 11 is 0. The summed E-state index contributed by atoms with van der Waals surface area (Å²) in [7, 11) is 0. The van der Waals surface area contributed by atoms with Crippen molar-refractivity contribution in [2.24, 2.45) is 0 Å². The third-order valence-electron chi connectivity index (χ3n) is 1.80. The molecule has 15 heavy (non-hydrogen) atoms.